The molecule has 0 bridgehead atoms. The maximum Gasteiger partial charge on any atom is 0.271 e. The molecule has 1 heterocycles. The fourth-order valence-corrected chi connectivity index (χ4v) is 2.95. The molecule has 0 aromatic heterocycles. The molecule has 138 valence electrons. The summed E-state index contributed by atoms with van der Waals surface area (Å²) in [5.41, 5.74) is 2.85. The Bertz CT molecular complexity index is 880. The Hall–Kier alpha value is -1.58. The molecule has 11 heteroatoms. The van der Waals surface area contributed by atoms with Crippen molar-refractivity contribution in [2.75, 3.05) is 10.2 Å². The van der Waals surface area contributed by atoms with E-state index >= 15 is 0 Å². The molecule has 7 nitrogen and oxygen atoms in total. The van der Waals surface area contributed by atoms with Crippen LogP contribution in [-0.2, 0) is 0 Å². The molecule has 0 aliphatic carbocycles. The number of quaternary nitrogens is 1. The lowest BCUT2D eigenvalue weighted by atomic mass is 10.3. The first-order valence-electron chi connectivity index (χ1n) is 7.31. The molecule has 2 N–H and O–H groups in total. The third-order valence-corrected chi connectivity index (χ3v) is 4.59. The van der Waals surface area contributed by atoms with Gasteiger partial charge in [0.25, 0.3) is 5.69 Å². The van der Waals surface area contributed by atoms with Gasteiger partial charge in [-0.25, -0.2) is 0 Å². The summed E-state index contributed by atoms with van der Waals surface area (Å²) in [5.74, 6) is 0.786. The number of benzene rings is 2. The highest BCUT2D eigenvalue weighted by atomic mass is 79.9. The summed E-state index contributed by atoms with van der Waals surface area (Å²) < 4.78 is 0. The molecule has 26 heavy (non-hydrogen) atoms. The molecule has 0 saturated heterocycles. The molecule has 0 spiro atoms. The lowest BCUT2D eigenvalue weighted by molar-refractivity contribution is -0.548. The van der Waals surface area contributed by atoms with Crippen molar-refractivity contribution in [3.8, 4) is 0 Å². The average Bonchev–Trinajstić information content (AvgIpc) is 3.02. The summed E-state index contributed by atoms with van der Waals surface area (Å²) in [6, 6.07) is 9.35. The normalized spacial score (nSPS) is 13.5. The quantitative estimate of drug-likeness (QED) is 0.306. The van der Waals surface area contributed by atoms with Gasteiger partial charge >= 0.3 is 0 Å². The number of nitro groups is 1. The number of hydrogen-bond acceptors (Lipinski definition) is 5. The van der Waals surface area contributed by atoms with Gasteiger partial charge in [0.2, 0.25) is 5.84 Å². The van der Waals surface area contributed by atoms with E-state index in [1.165, 1.54) is 17.3 Å². The Morgan fingerprint density at radius 3 is 2.50 bits per heavy atom. The summed E-state index contributed by atoms with van der Waals surface area (Å²) >= 11 is 18.4. The largest absolute Gasteiger partial charge is 1.00 e. The summed E-state index contributed by atoms with van der Waals surface area (Å²) in [4.78, 5) is 10.6. The molecule has 0 atom stereocenters. The summed E-state index contributed by atoms with van der Waals surface area (Å²) in [5, 5.41) is 19.8. The predicted molar refractivity (Wildman–Crippen MR) is 99.2 cm³/mol. The van der Waals surface area contributed by atoms with E-state index in [4.69, 9.17) is 34.8 Å². The van der Waals surface area contributed by atoms with Crippen molar-refractivity contribution in [3.63, 3.8) is 0 Å². The van der Waals surface area contributed by atoms with Crippen LogP contribution in [0.5, 0.6) is 0 Å². The highest BCUT2D eigenvalue weighted by Crippen LogP contribution is 2.35. The molecule has 0 amide bonds. The molecular weight excluding hydrogens is 468 g/mol. The third kappa shape index (κ3) is 4.05. The topological polar surface area (TPSA) is 78.6 Å². The molecule has 0 radical (unpaired) electrons. The molecule has 0 fully saturated rings. The van der Waals surface area contributed by atoms with Crippen LogP contribution in [0.1, 0.15) is 13.3 Å². The third-order valence-electron chi connectivity index (χ3n) is 3.57. The monoisotopic (exact) mass is 479 g/mol. The van der Waals surface area contributed by atoms with E-state index in [0.717, 1.165) is 5.84 Å². The molecule has 0 unspecified atom stereocenters. The molecule has 1 aliphatic heterocycles. The van der Waals surface area contributed by atoms with Crippen LogP contribution >= 0.6 is 34.8 Å². The van der Waals surface area contributed by atoms with Gasteiger partial charge in [-0.2, -0.15) is 5.43 Å². The number of hydrazine groups is 1. The van der Waals surface area contributed by atoms with Crippen molar-refractivity contribution in [2.45, 2.75) is 13.3 Å². The van der Waals surface area contributed by atoms with E-state index in [1.54, 1.807) is 34.8 Å². The van der Waals surface area contributed by atoms with Crippen LogP contribution < -0.4 is 32.6 Å². The predicted octanol–water partition coefficient (Wildman–Crippen LogP) is 1.00. The van der Waals surface area contributed by atoms with Crippen LogP contribution in [-0.4, -0.2) is 10.8 Å². The number of anilines is 2. The van der Waals surface area contributed by atoms with Gasteiger partial charge in [-0.1, -0.05) is 52.9 Å². The first-order chi connectivity index (χ1) is 11.9. The van der Waals surface area contributed by atoms with Gasteiger partial charge in [-0.05, 0) is 18.2 Å². The summed E-state index contributed by atoms with van der Waals surface area (Å²) in [6.07, 6.45) is 0.681. The molecular formula is C15H13BrCl3N5O2. The van der Waals surface area contributed by atoms with Gasteiger partial charge < -0.3 is 17.0 Å². The second-order valence-corrected chi connectivity index (χ2v) is 6.42. The zero-order valence-corrected chi connectivity index (χ0v) is 17.2. The van der Waals surface area contributed by atoms with Gasteiger partial charge in [-0.3, -0.25) is 10.1 Å². The Morgan fingerprint density at radius 2 is 1.85 bits per heavy atom. The minimum Gasteiger partial charge on any atom is -1.00 e. The number of nitrogens with two attached hydrogens (primary N) is 1. The molecule has 2 aromatic carbocycles. The van der Waals surface area contributed by atoms with Crippen LogP contribution in [0.4, 0.5) is 17.1 Å². The number of nitro benzene ring substituents is 1. The van der Waals surface area contributed by atoms with Gasteiger partial charge in [0.15, 0.2) is 0 Å². The maximum atomic E-state index is 11.1. The average molecular weight is 482 g/mol. The van der Waals surface area contributed by atoms with Gasteiger partial charge in [0, 0.05) is 18.6 Å². The van der Waals surface area contributed by atoms with Crippen molar-refractivity contribution in [2.24, 2.45) is 5.10 Å². The zero-order chi connectivity index (χ0) is 18.1. The van der Waals surface area contributed by atoms with E-state index in [-0.39, 0.29) is 22.7 Å². The Kier molecular flexibility index (Phi) is 6.70. The van der Waals surface area contributed by atoms with Crippen molar-refractivity contribution in [3.05, 3.63) is 61.6 Å². The smallest absolute Gasteiger partial charge is 0.271 e. The fourth-order valence-electron chi connectivity index (χ4n) is 2.33. The number of hydrazone groups is 1. The minimum absolute atomic E-state index is 0. The number of hydrogen-bond donors (Lipinski definition) is 1. The van der Waals surface area contributed by atoms with Crippen LogP contribution in [0.15, 0.2) is 41.5 Å². The van der Waals surface area contributed by atoms with Crippen molar-refractivity contribution in [1.29, 1.82) is 0 Å². The van der Waals surface area contributed by atoms with Crippen molar-refractivity contribution in [1.82, 2.24) is 0 Å². The Labute approximate surface area is 175 Å². The fraction of sp³-hybridized carbons (Fsp3) is 0.133. The number of rotatable bonds is 4. The van der Waals surface area contributed by atoms with E-state index < -0.39 is 4.92 Å². The number of nitrogens with zero attached hydrogens (tertiary/aromatic N) is 4. The van der Waals surface area contributed by atoms with Crippen LogP contribution in [0, 0.1) is 10.1 Å². The second-order valence-electron chi connectivity index (χ2n) is 5.20. The van der Waals surface area contributed by atoms with E-state index in [1.807, 2.05) is 6.92 Å². The zero-order valence-electron chi connectivity index (χ0n) is 13.4. The minimum atomic E-state index is -0.454. The highest BCUT2D eigenvalue weighted by Gasteiger charge is 2.32. The summed E-state index contributed by atoms with van der Waals surface area (Å²) in [6.45, 7) is 1.96. The standard InChI is InChI=1S/C15H12Cl3N5O2.BrH/c1-2-15-19-21(9-4-3-5-10(6-9)23(24)25)22(20-15)14-8-12(17)11(16)7-13(14)18;/h3-8H,2H2,1H3,(H,19,20);1H. The van der Waals surface area contributed by atoms with Crippen LogP contribution in [0.25, 0.3) is 0 Å². The van der Waals surface area contributed by atoms with E-state index in [2.05, 4.69) is 5.10 Å². The van der Waals surface area contributed by atoms with E-state index in [9.17, 15) is 10.1 Å². The van der Waals surface area contributed by atoms with Crippen LogP contribution in [0.2, 0.25) is 15.1 Å². The second kappa shape index (κ2) is 8.41. The first-order valence-corrected chi connectivity index (χ1v) is 8.44. The lowest BCUT2D eigenvalue weighted by Crippen LogP contribution is -3.00. The van der Waals surface area contributed by atoms with Crippen molar-refractivity contribution < 1.29 is 27.3 Å². The molecule has 1 aliphatic rings. The highest BCUT2D eigenvalue weighted by molar-refractivity contribution is 6.44. The molecule has 3 rings (SSSR count). The summed E-state index contributed by atoms with van der Waals surface area (Å²) in [7, 11) is 0. The van der Waals surface area contributed by atoms with Gasteiger partial charge in [0.05, 0.1) is 25.7 Å². The van der Waals surface area contributed by atoms with Gasteiger partial charge in [-0.15, -0.1) is 10.2 Å². The molecule has 2 aromatic rings. The van der Waals surface area contributed by atoms with E-state index in [0.29, 0.717) is 32.9 Å². The Morgan fingerprint density at radius 1 is 1.15 bits per heavy atom. The number of amidine groups is 1. The van der Waals surface area contributed by atoms with Crippen molar-refractivity contribution >= 4 is 57.7 Å². The molecule has 0 saturated carbocycles. The van der Waals surface area contributed by atoms with Gasteiger partial charge in [0.1, 0.15) is 5.69 Å². The first kappa shape index (κ1) is 20.7. The number of non-ortho nitro benzene ring substituents is 1. The SMILES string of the molecule is CCC1=NN(c2cccc([N+](=O)[O-])c2)N(c2cc(Cl)c(Cl)cc2Cl)[NH2+]1.[Br-]. The Balaban J connectivity index is 0.00000243. The maximum absolute atomic E-state index is 11.1. The van der Waals surface area contributed by atoms with Crippen LogP contribution in [0.3, 0.4) is 0 Å². The number of halogens is 4. The lowest BCUT2D eigenvalue weighted by Gasteiger charge is -2.24.